The molecule has 1 atom stereocenters. The van der Waals surface area contributed by atoms with Gasteiger partial charge in [-0.1, -0.05) is 0 Å². The molecule has 1 aliphatic heterocycles. The molecule has 0 saturated carbocycles. The number of aliphatic hydroxyl groups excluding tert-OH is 1. The molecule has 0 unspecified atom stereocenters. The molecule has 3 rings (SSSR count). The van der Waals surface area contributed by atoms with Crippen LogP contribution in [-0.4, -0.2) is 34.9 Å². The first-order valence-corrected chi connectivity index (χ1v) is 8.31. The van der Waals surface area contributed by atoms with Crippen molar-refractivity contribution < 1.29 is 37.7 Å². The maximum atomic E-state index is 13.0. The van der Waals surface area contributed by atoms with Crippen LogP contribution >= 0.6 is 0 Å². The van der Waals surface area contributed by atoms with E-state index in [2.05, 4.69) is 19.8 Å². The maximum absolute atomic E-state index is 13.0. The third-order valence-corrected chi connectivity index (χ3v) is 4.14. The van der Waals surface area contributed by atoms with E-state index in [0.29, 0.717) is 16.8 Å². The van der Waals surface area contributed by atoms with Crippen molar-refractivity contribution >= 4 is 17.6 Å². The van der Waals surface area contributed by atoms with E-state index in [1.165, 1.54) is 18.2 Å². The Labute approximate surface area is 158 Å². The Kier molecular flexibility index (Phi) is 4.99. The molecular weight excluding hydrogens is 378 g/mol. The number of hydrogen-bond donors (Lipinski definition) is 3. The quantitative estimate of drug-likeness (QED) is 0.671. The van der Waals surface area contributed by atoms with E-state index in [0.717, 1.165) is 0 Å². The lowest BCUT2D eigenvalue weighted by Gasteiger charge is -2.08. The first kappa shape index (κ1) is 19.6. The molecule has 2 aromatic rings. The van der Waals surface area contributed by atoms with E-state index in [1.54, 1.807) is 20.8 Å². The number of aryl methyl sites for hydroxylation is 1. The summed E-state index contributed by atoms with van der Waals surface area (Å²) >= 11 is 0. The number of H-pyrrole nitrogens is 1. The monoisotopic (exact) mass is 396 g/mol. The summed E-state index contributed by atoms with van der Waals surface area (Å²) in [6.45, 7) is 4.35. The van der Waals surface area contributed by atoms with Crippen LogP contribution in [0, 0.1) is 13.8 Å². The lowest BCUT2D eigenvalue weighted by atomic mass is 10.1. The number of hydrogen-bond acceptors (Lipinski definition) is 6. The van der Waals surface area contributed by atoms with Gasteiger partial charge in [-0.2, -0.15) is 0 Å². The second-order valence-corrected chi connectivity index (χ2v) is 6.29. The average Bonchev–Trinajstić information content (AvgIpc) is 3.06. The molecule has 0 spiro atoms. The molecule has 3 N–H and O–H groups in total. The minimum absolute atomic E-state index is 0.145. The highest BCUT2D eigenvalue weighted by molar-refractivity contribution is 5.95. The zero-order chi connectivity index (χ0) is 20.6. The van der Waals surface area contributed by atoms with E-state index in [-0.39, 0.29) is 22.9 Å². The minimum Gasteiger partial charge on any atom is -0.451 e. The van der Waals surface area contributed by atoms with Crippen LogP contribution < -0.4 is 14.8 Å². The number of aromatic nitrogens is 1. The summed E-state index contributed by atoms with van der Waals surface area (Å²) in [5.74, 6) is -1.80. The number of nitrogens with one attached hydrogen (secondary N) is 2. The average molecular weight is 396 g/mol. The Morgan fingerprint density at radius 3 is 2.61 bits per heavy atom. The molecule has 0 fully saturated rings. The van der Waals surface area contributed by atoms with Gasteiger partial charge in [-0.05, 0) is 38.5 Å². The van der Waals surface area contributed by atoms with Crippen LogP contribution in [-0.2, 0) is 9.53 Å². The van der Waals surface area contributed by atoms with Crippen molar-refractivity contribution in [3.63, 3.8) is 0 Å². The number of fused-ring (bicyclic) bond motifs is 1. The summed E-state index contributed by atoms with van der Waals surface area (Å²) in [6, 6.07) is 3.74. The fourth-order valence-electron chi connectivity index (χ4n) is 3.02. The summed E-state index contributed by atoms with van der Waals surface area (Å²) in [5, 5.41) is 12.2. The highest BCUT2D eigenvalue weighted by Gasteiger charge is 2.43. The van der Waals surface area contributed by atoms with E-state index >= 15 is 0 Å². The SMILES string of the molecule is Cc1[nH]c(C(=O)OCC(=O)Nc2ccc3c(c2)OC(F)(F)O3)c(C)c1[C@H](C)O. The number of rotatable bonds is 5. The van der Waals surface area contributed by atoms with Crippen LogP contribution in [0.25, 0.3) is 0 Å². The molecule has 10 heteroatoms. The van der Waals surface area contributed by atoms with Crippen molar-refractivity contribution in [2.75, 3.05) is 11.9 Å². The van der Waals surface area contributed by atoms with E-state index in [9.17, 15) is 23.5 Å². The Balaban J connectivity index is 1.60. The molecular formula is C18H18F2N2O6. The van der Waals surface area contributed by atoms with Gasteiger partial charge in [0, 0.05) is 23.0 Å². The maximum Gasteiger partial charge on any atom is 0.586 e. The van der Waals surface area contributed by atoms with E-state index in [1.807, 2.05) is 0 Å². The molecule has 150 valence electrons. The molecule has 1 aromatic heterocycles. The second-order valence-electron chi connectivity index (χ2n) is 6.29. The van der Waals surface area contributed by atoms with Gasteiger partial charge in [0.05, 0.1) is 6.10 Å². The predicted molar refractivity (Wildman–Crippen MR) is 92.5 cm³/mol. The minimum atomic E-state index is -3.75. The molecule has 8 nitrogen and oxygen atoms in total. The number of carbonyl (C=O) groups is 2. The summed E-state index contributed by atoms with van der Waals surface area (Å²) in [4.78, 5) is 27.0. The number of ether oxygens (including phenoxy) is 3. The first-order valence-electron chi connectivity index (χ1n) is 8.31. The molecule has 0 saturated heterocycles. The fraction of sp³-hybridized carbons (Fsp3) is 0.333. The topological polar surface area (TPSA) is 110 Å². The van der Waals surface area contributed by atoms with E-state index in [4.69, 9.17) is 4.74 Å². The number of halogens is 2. The number of aliphatic hydroxyl groups is 1. The van der Waals surface area contributed by atoms with Crippen LogP contribution in [0.4, 0.5) is 14.5 Å². The number of benzene rings is 1. The van der Waals surface area contributed by atoms with Gasteiger partial charge in [0.2, 0.25) is 0 Å². The lowest BCUT2D eigenvalue weighted by molar-refractivity contribution is -0.286. The Bertz CT molecular complexity index is 938. The predicted octanol–water partition coefficient (Wildman–Crippen LogP) is 2.80. The molecule has 1 aromatic carbocycles. The lowest BCUT2D eigenvalue weighted by Crippen LogP contribution is -2.25. The van der Waals surface area contributed by atoms with Gasteiger partial charge < -0.3 is 29.6 Å². The van der Waals surface area contributed by atoms with Gasteiger partial charge in [-0.3, -0.25) is 4.79 Å². The summed E-state index contributed by atoms with van der Waals surface area (Å²) in [7, 11) is 0. The number of carbonyl (C=O) groups excluding carboxylic acids is 2. The van der Waals surface area contributed by atoms with Gasteiger partial charge in [-0.25, -0.2) is 4.79 Å². The Morgan fingerprint density at radius 2 is 1.96 bits per heavy atom. The van der Waals surface area contributed by atoms with Crippen LogP contribution in [0.1, 0.15) is 40.3 Å². The fourth-order valence-corrected chi connectivity index (χ4v) is 3.02. The number of alkyl halides is 2. The van der Waals surface area contributed by atoms with Gasteiger partial charge in [0.15, 0.2) is 18.1 Å². The zero-order valence-electron chi connectivity index (χ0n) is 15.3. The summed E-state index contributed by atoms with van der Waals surface area (Å²) in [5.41, 5.74) is 2.07. The second kappa shape index (κ2) is 7.12. The molecule has 0 aliphatic carbocycles. The number of amides is 1. The first-order chi connectivity index (χ1) is 13.1. The van der Waals surface area contributed by atoms with Crippen molar-refractivity contribution in [2.24, 2.45) is 0 Å². The van der Waals surface area contributed by atoms with Crippen LogP contribution in [0.2, 0.25) is 0 Å². The zero-order valence-corrected chi connectivity index (χ0v) is 15.3. The number of esters is 1. The highest BCUT2D eigenvalue weighted by atomic mass is 19.3. The summed E-state index contributed by atoms with van der Waals surface area (Å²) < 4.78 is 39.6. The van der Waals surface area contributed by atoms with Crippen LogP contribution in [0.15, 0.2) is 18.2 Å². The van der Waals surface area contributed by atoms with Gasteiger partial charge >= 0.3 is 12.3 Å². The smallest absolute Gasteiger partial charge is 0.451 e. The highest BCUT2D eigenvalue weighted by Crippen LogP contribution is 2.42. The molecule has 1 aliphatic rings. The normalized spacial score (nSPS) is 15.2. The van der Waals surface area contributed by atoms with Crippen molar-refractivity contribution in [3.05, 3.63) is 40.7 Å². The van der Waals surface area contributed by atoms with Gasteiger partial charge in [0.1, 0.15) is 5.69 Å². The van der Waals surface area contributed by atoms with Crippen molar-refractivity contribution in [2.45, 2.75) is 33.2 Å². The Hall–Kier alpha value is -3.14. The largest absolute Gasteiger partial charge is 0.586 e. The van der Waals surface area contributed by atoms with Crippen LogP contribution in [0.3, 0.4) is 0 Å². The van der Waals surface area contributed by atoms with E-state index < -0.39 is 30.9 Å². The van der Waals surface area contributed by atoms with Crippen molar-refractivity contribution in [3.8, 4) is 11.5 Å². The third-order valence-electron chi connectivity index (χ3n) is 4.14. The van der Waals surface area contributed by atoms with Crippen LogP contribution in [0.5, 0.6) is 11.5 Å². The molecule has 2 heterocycles. The van der Waals surface area contributed by atoms with Gasteiger partial charge in [-0.15, -0.1) is 8.78 Å². The molecule has 28 heavy (non-hydrogen) atoms. The Morgan fingerprint density at radius 1 is 1.29 bits per heavy atom. The number of aromatic amines is 1. The standard InChI is InChI=1S/C18H18F2N2O6/c1-8-15(10(3)23)9(2)21-16(8)17(25)26-7-14(24)22-11-4-5-12-13(6-11)28-18(19,20)27-12/h4-6,10,21,23H,7H2,1-3H3,(H,22,24)/t10-/m0/s1. The molecule has 0 bridgehead atoms. The molecule has 0 radical (unpaired) electrons. The van der Waals surface area contributed by atoms with Gasteiger partial charge in [0.25, 0.3) is 5.91 Å². The molecule has 1 amide bonds. The van der Waals surface area contributed by atoms with Crippen molar-refractivity contribution in [1.29, 1.82) is 0 Å². The number of anilines is 1. The third kappa shape index (κ3) is 3.91. The summed E-state index contributed by atoms with van der Waals surface area (Å²) in [6.07, 6.45) is -4.52. The van der Waals surface area contributed by atoms with Crippen molar-refractivity contribution in [1.82, 2.24) is 4.98 Å².